The Morgan fingerprint density at radius 2 is 2.22 bits per heavy atom. The standard InChI is InChI=1S/C14H17N3O/c1-10-16-12(5-4-11-2-3-11)8-14(17-10)18-13-6-7-15-9-13/h8,11,13,15H,2-3,6-7,9H2,1H3. The van der Waals surface area contributed by atoms with Gasteiger partial charge >= 0.3 is 0 Å². The van der Waals surface area contributed by atoms with Crippen LogP contribution in [0, 0.1) is 24.7 Å². The number of nitrogens with one attached hydrogen (secondary N) is 1. The number of rotatable bonds is 2. The number of aryl methyl sites for hydroxylation is 1. The van der Waals surface area contributed by atoms with Gasteiger partial charge in [-0.25, -0.2) is 4.98 Å². The molecule has 1 aromatic rings. The minimum atomic E-state index is 0.226. The van der Waals surface area contributed by atoms with Crippen molar-refractivity contribution in [2.75, 3.05) is 13.1 Å². The second-order valence-electron chi connectivity index (χ2n) is 4.91. The predicted octanol–water partition coefficient (Wildman–Crippen LogP) is 1.29. The van der Waals surface area contributed by atoms with E-state index >= 15 is 0 Å². The molecule has 0 bridgehead atoms. The summed E-state index contributed by atoms with van der Waals surface area (Å²) in [4.78, 5) is 8.64. The molecule has 94 valence electrons. The Labute approximate surface area is 107 Å². The van der Waals surface area contributed by atoms with E-state index in [4.69, 9.17) is 4.74 Å². The van der Waals surface area contributed by atoms with Crippen molar-refractivity contribution in [3.63, 3.8) is 0 Å². The van der Waals surface area contributed by atoms with Gasteiger partial charge in [0, 0.05) is 18.5 Å². The first-order valence-electron chi connectivity index (χ1n) is 6.54. The highest BCUT2D eigenvalue weighted by Crippen LogP contribution is 2.27. The molecule has 4 nitrogen and oxygen atoms in total. The van der Waals surface area contributed by atoms with E-state index in [0.29, 0.717) is 11.8 Å². The Bertz CT molecular complexity index is 493. The molecule has 2 fully saturated rings. The van der Waals surface area contributed by atoms with Crippen LogP contribution in [0.4, 0.5) is 0 Å². The van der Waals surface area contributed by atoms with Crippen LogP contribution in [0.2, 0.25) is 0 Å². The molecule has 1 aromatic heterocycles. The zero-order chi connectivity index (χ0) is 12.4. The van der Waals surface area contributed by atoms with E-state index in [1.807, 2.05) is 13.0 Å². The van der Waals surface area contributed by atoms with E-state index in [9.17, 15) is 0 Å². The van der Waals surface area contributed by atoms with E-state index < -0.39 is 0 Å². The summed E-state index contributed by atoms with van der Waals surface area (Å²) in [5.41, 5.74) is 0.773. The maximum absolute atomic E-state index is 5.84. The SMILES string of the molecule is Cc1nc(C#CC2CC2)cc(OC2CCNC2)n1. The van der Waals surface area contributed by atoms with Crippen molar-refractivity contribution in [3.8, 4) is 17.7 Å². The fraction of sp³-hybridized carbons (Fsp3) is 0.571. The molecule has 1 saturated heterocycles. The van der Waals surface area contributed by atoms with Crippen LogP contribution < -0.4 is 10.1 Å². The van der Waals surface area contributed by atoms with E-state index in [1.54, 1.807) is 0 Å². The van der Waals surface area contributed by atoms with Gasteiger partial charge in [-0.1, -0.05) is 5.92 Å². The third-order valence-corrected chi connectivity index (χ3v) is 3.10. The first-order chi connectivity index (χ1) is 8.79. The van der Waals surface area contributed by atoms with Crippen LogP contribution in [0.15, 0.2) is 6.07 Å². The second-order valence-corrected chi connectivity index (χ2v) is 4.91. The molecule has 1 aliphatic carbocycles. The number of hydrogen-bond donors (Lipinski definition) is 1. The molecule has 0 amide bonds. The van der Waals surface area contributed by atoms with Crippen LogP contribution in [0.1, 0.15) is 30.8 Å². The highest BCUT2D eigenvalue weighted by molar-refractivity contribution is 5.32. The average Bonchev–Trinajstić information content (AvgIpc) is 3.04. The van der Waals surface area contributed by atoms with Crippen molar-refractivity contribution < 1.29 is 4.74 Å². The van der Waals surface area contributed by atoms with E-state index in [1.165, 1.54) is 12.8 Å². The zero-order valence-corrected chi connectivity index (χ0v) is 10.6. The maximum Gasteiger partial charge on any atom is 0.218 e. The van der Waals surface area contributed by atoms with Crippen LogP contribution in [0.3, 0.4) is 0 Å². The fourth-order valence-electron chi connectivity index (χ4n) is 1.97. The Kier molecular flexibility index (Phi) is 3.16. The fourth-order valence-corrected chi connectivity index (χ4v) is 1.97. The number of aromatic nitrogens is 2. The van der Waals surface area contributed by atoms with Crippen LogP contribution in [-0.4, -0.2) is 29.2 Å². The van der Waals surface area contributed by atoms with Crippen LogP contribution in [-0.2, 0) is 0 Å². The van der Waals surface area contributed by atoms with Gasteiger partial charge in [-0.05, 0) is 38.7 Å². The molecule has 1 unspecified atom stereocenters. The molecule has 1 atom stereocenters. The van der Waals surface area contributed by atoms with Crippen LogP contribution >= 0.6 is 0 Å². The van der Waals surface area contributed by atoms with Gasteiger partial charge in [0.05, 0.1) is 0 Å². The van der Waals surface area contributed by atoms with Gasteiger partial charge < -0.3 is 10.1 Å². The summed E-state index contributed by atoms with van der Waals surface area (Å²) in [6, 6.07) is 1.85. The van der Waals surface area contributed by atoms with Gasteiger partial charge in [-0.15, -0.1) is 0 Å². The highest BCUT2D eigenvalue weighted by Gasteiger charge is 2.18. The largest absolute Gasteiger partial charge is 0.473 e. The van der Waals surface area contributed by atoms with Gasteiger partial charge in [0.15, 0.2) is 0 Å². The molecular formula is C14H17N3O. The molecule has 1 aliphatic heterocycles. The topological polar surface area (TPSA) is 47.0 Å². The van der Waals surface area contributed by atoms with Gasteiger partial charge in [0.25, 0.3) is 0 Å². The molecule has 3 rings (SSSR count). The summed E-state index contributed by atoms with van der Waals surface area (Å²) in [7, 11) is 0. The summed E-state index contributed by atoms with van der Waals surface area (Å²) in [6.45, 7) is 3.79. The van der Waals surface area contributed by atoms with Crippen molar-refractivity contribution in [1.82, 2.24) is 15.3 Å². The van der Waals surface area contributed by atoms with E-state index in [-0.39, 0.29) is 6.10 Å². The lowest BCUT2D eigenvalue weighted by Crippen LogP contribution is -2.20. The lowest BCUT2D eigenvalue weighted by atomic mass is 10.3. The lowest BCUT2D eigenvalue weighted by molar-refractivity contribution is 0.213. The van der Waals surface area contributed by atoms with Gasteiger partial charge in [-0.3, -0.25) is 0 Å². The van der Waals surface area contributed by atoms with Gasteiger partial charge in [0.2, 0.25) is 5.88 Å². The molecular weight excluding hydrogens is 226 g/mol. The molecule has 4 heteroatoms. The first kappa shape index (κ1) is 11.5. The lowest BCUT2D eigenvalue weighted by Gasteiger charge is -2.11. The Hall–Kier alpha value is -1.60. The van der Waals surface area contributed by atoms with Crippen molar-refractivity contribution in [2.45, 2.75) is 32.3 Å². The van der Waals surface area contributed by atoms with Gasteiger partial charge in [-0.2, -0.15) is 4.98 Å². The van der Waals surface area contributed by atoms with E-state index in [2.05, 4.69) is 27.1 Å². The number of ether oxygens (including phenoxy) is 1. The first-order valence-corrected chi connectivity index (χ1v) is 6.54. The van der Waals surface area contributed by atoms with Crippen molar-refractivity contribution in [2.24, 2.45) is 5.92 Å². The highest BCUT2D eigenvalue weighted by atomic mass is 16.5. The molecule has 2 aliphatic rings. The van der Waals surface area contributed by atoms with Gasteiger partial charge in [0.1, 0.15) is 17.6 Å². The average molecular weight is 243 g/mol. The Balaban J connectivity index is 1.74. The quantitative estimate of drug-likeness (QED) is 0.795. The van der Waals surface area contributed by atoms with Crippen molar-refractivity contribution in [1.29, 1.82) is 0 Å². The molecule has 18 heavy (non-hydrogen) atoms. The summed E-state index contributed by atoms with van der Waals surface area (Å²) >= 11 is 0. The normalized spacial score (nSPS) is 22.4. The van der Waals surface area contributed by atoms with E-state index in [0.717, 1.165) is 31.0 Å². The van der Waals surface area contributed by atoms with Crippen LogP contribution in [0.5, 0.6) is 5.88 Å². The number of hydrogen-bond acceptors (Lipinski definition) is 4. The summed E-state index contributed by atoms with van der Waals surface area (Å²) in [6.07, 6.45) is 3.72. The third-order valence-electron chi connectivity index (χ3n) is 3.10. The number of nitrogens with zero attached hydrogens (tertiary/aromatic N) is 2. The summed E-state index contributed by atoms with van der Waals surface area (Å²) < 4.78 is 5.84. The van der Waals surface area contributed by atoms with Crippen molar-refractivity contribution >= 4 is 0 Å². The maximum atomic E-state index is 5.84. The predicted molar refractivity (Wildman–Crippen MR) is 68.3 cm³/mol. The smallest absolute Gasteiger partial charge is 0.218 e. The minimum absolute atomic E-state index is 0.226. The Morgan fingerprint density at radius 1 is 1.33 bits per heavy atom. The zero-order valence-electron chi connectivity index (χ0n) is 10.6. The molecule has 0 aromatic carbocycles. The molecule has 1 saturated carbocycles. The molecule has 1 N–H and O–H groups in total. The third kappa shape index (κ3) is 2.99. The monoisotopic (exact) mass is 243 g/mol. The summed E-state index contributed by atoms with van der Waals surface area (Å²) in [5.74, 6) is 8.29. The molecule has 0 spiro atoms. The Morgan fingerprint density at radius 3 is 2.94 bits per heavy atom. The van der Waals surface area contributed by atoms with Crippen molar-refractivity contribution in [3.05, 3.63) is 17.6 Å². The molecule has 0 radical (unpaired) electrons. The van der Waals surface area contributed by atoms with Crippen LogP contribution in [0.25, 0.3) is 0 Å². The molecule has 2 heterocycles. The minimum Gasteiger partial charge on any atom is -0.473 e. The second kappa shape index (κ2) is 4.95. The summed E-state index contributed by atoms with van der Waals surface area (Å²) in [5, 5.41) is 3.27.